The molecule has 94 valence electrons. The fourth-order valence-electron chi connectivity index (χ4n) is 2.55. The van der Waals surface area contributed by atoms with E-state index >= 15 is 0 Å². The van der Waals surface area contributed by atoms with Crippen LogP contribution in [0.25, 0.3) is 0 Å². The lowest BCUT2D eigenvalue weighted by molar-refractivity contribution is -0.127. The maximum absolute atomic E-state index is 12.5. The van der Waals surface area contributed by atoms with Gasteiger partial charge in [-0.3, -0.25) is 0 Å². The van der Waals surface area contributed by atoms with Crippen LogP contribution in [0, 0.1) is 0 Å². The van der Waals surface area contributed by atoms with Crippen LogP contribution in [0.2, 0.25) is 0 Å². The zero-order valence-corrected chi connectivity index (χ0v) is 9.77. The monoisotopic (exact) mass is 243 g/mol. The van der Waals surface area contributed by atoms with Crippen molar-refractivity contribution in [2.75, 3.05) is 6.54 Å². The van der Waals surface area contributed by atoms with E-state index in [0.717, 1.165) is 24.9 Å². The molecule has 17 heavy (non-hydrogen) atoms. The van der Waals surface area contributed by atoms with Crippen LogP contribution in [0.5, 0.6) is 0 Å². The number of nitrogens with one attached hydrogen (secondary N) is 1. The van der Waals surface area contributed by atoms with E-state index in [1.54, 1.807) is 24.3 Å². The molecule has 0 bridgehead atoms. The van der Waals surface area contributed by atoms with Crippen LogP contribution in [-0.2, 0) is 12.0 Å². The van der Waals surface area contributed by atoms with Crippen molar-refractivity contribution in [3.8, 4) is 0 Å². The van der Waals surface area contributed by atoms with Crippen molar-refractivity contribution >= 4 is 0 Å². The first-order valence-electron chi connectivity index (χ1n) is 5.81. The van der Waals surface area contributed by atoms with E-state index in [9.17, 15) is 13.2 Å². The molecule has 1 atom stereocenters. The minimum atomic E-state index is -4.15. The summed E-state index contributed by atoms with van der Waals surface area (Å²) in [5, 5.41) is 3.31. The lowest BCUT2D eigenvalue weighted by Crippen LogP contribution is -2.34. The summed E-state index contributed by atoms with van der Waals surface area (Å²) in [7, 11) is 0. The van der Waals surface area contributed by atoms with E-state index in [4.69, 9.17) is 0 Å². The lowest BCUT2D eigenvalue weighted by atomic mass is 9.86. The van der Waals surface area contributed by atoms with Crippen molar-refractivity contribution in [2.24, 2.45) is 0 Å². The fraction of sp³-hybridized carbons (Fsp3) is 0.538. The number of rotatable bonds is 2. The molecule has 1 unspecified atom stereocenters. The maximum atomic E-state index is 12.5. The minimum Gasteiger partial charge on any atom is -0.308 e. The molecule has 1 nitrogen and oxygen atoms in total. The standard InChI is InChI=1S/C13H16F3N/c1-12(7-4-8-17-12)11-6-3-2-5-10(11)9-13(14,15)16/h2-3,5-6,17H,4,7-9H2,1H3. The first kappa shape index (κ1) is 12.4. The van der Waals surface area contributed by atoms with Gasteiger partial charge in [0.05, 0.1) is 6.42 Å². The predicted octanol–water partition coefficient (Wildman–Crippen LogP) is 3.39. The topological polar surface area (TPSA) is 12.0 Å². The Balaban J connectivity index is 2.33. The summed E-state index contributed by atoms with van der Waals surface area (Å²) in [5.41, 5.74) is 0.869. The summed E-state index contributed by atoms with van der Waals surface area (Å²) in [5.74, 6) is 0. The van der Waals surface area contributed by atoms with Crippen molar-refractivity contribution in [2.45, 2.75) is 37.9 Å². The largest absolute Gasteiger partial charge is 0.393 e. The Labute approximate surface area is 99.0 Å². The molecule has 1 fully saturated rings. The van der Waals surface area contributed by atoms with Gasteiger partial charge in [-0.2, -0.15) is 13.2 Å². The van der Waals surface area contributed by atoms with Crippen LogP contribution in [-0.4, -0.2) is 12.7 Å². The molecular weight excluding hydrogens is 227 g/mol. The van der Waals surface area contributed by atoms with Gasteiger partial charge in [-0.15, -0.1) is 0 Å². The van der Waals surface area contributed by atoms with Gasteiger partial charge in [-0.25, -0.2) is 0 Å². The smallest absolute Gasteiger partial charge is 0.308 e. The number of alkyl halides is 3. The van der Waals surface area contributed by atoms with E-state index in [0.29, 0.717) is 5.56 Å². The third kappa shape index (κ3) is 2.80. The van der Waals surface area contributed by atoms with Crippen LogP contribution in [0.3, 0.4) is 0 Å². The second-order valence-corrected chi connectivity index (χ2v) is 4.81. The quantitative estimate of drug-likeness (QED) is 0.839. The molecule has 1 aromatic rings. The molecule has 0 amide bonds. The van der Waals surface area contributed by atoms with Crippen LogP contribution in [0.15, 0.2) is 24.3 Å². The fourth-order valence-corrected chi connectivity index (χ4v) is 2.55. The third-order valence-corrected chi connectivity index (χ3v) is 3.37. The Bertz CT molecular complexity index is 392. The summed E-state index contributed by atoms with van der Waals surface area (Å²) < 4.78 is 37.5. The average Bonchev–Trinajstić information content (AvgIpc) is 2.64. The Morgan fingerprint density at radius 3 is 2.59 bits per heavy atom. The third-order valence-electron chi connectivity index (χ3n) is 3.37. The van der Waals surface area contributed by atoms with Gasteiger partial charge < -0.3 is 5.32 Å². The highest BCUT2D eigenvalue weighted by atomic mass is 19.4. The zero-order chi connectivity index (χ0) is 12.5. The highest BCUT2D eigenvalue weighted by Crippen LogP contribution is 2.34. The van der Waals surface area contributed by atoms with Crippen LogP contribution >= 0.6 is 0 Å². The Morgan fingerprint density at radius 1 is 1.29 bits per heavy atom. The van der Waals surface area contributed by atoms with Gasteiger partial charge in [0.1, 0.15) is 0 Å². The van der Waals surface area contributed by atoms with Crippen molar-refractivity contribution in [1.29, 1.82) is 0 Å². The summed E-state index contributed by atoms with van der Waals surface area (Å²) in [6.07, 6.45) is -3.09. The van der Waals surface area contributed by atoms with Gasteiger partial charge in [0.15, 0.2) is 0 Å². The number of hydrogen-bond acceptors (Lipinski definition) is 1. The van der Waals surface area contributed by atoms with Gasteiger partial charge >= 0.3 is 6.18 Å². The molecule has 1 aromatic carbocycles. The van der Waals surface area contributed by atoms with Gasteiger partial charge in [0.2, 0.25) is 0 Å². The Morgan fingerprint density at radius 2 is 2.00 bits per heavy atom. The van der Waals surface area contributed by atoms with Gasteiger partial charge in [0.25, 0.3) is 0 Å². The number of halogens is 3. The molecular formula is C13H16F3N. The SMILES string of the molecule is CC1(c2ccccc2CC(F)(F)F)CCCN1. The van der Waals surface area contributed by atoms with Crippen LogP contribution in [0.1, 0.15) is 30.9 Å². The normalized spacial score (nSPS) is 25.2. The molecule has 0 radical (unpaired) electrons. The molecule has 0 aliphatic carbocycles. The molecule has 1 aliphatic rings. The Kier molecular flexibility index (Phi) is 3.17. The second kappa shape index (κ2) is 4.33. The van der Waals surface area contributed by atoms with Crippen LogP contribution < -0.4 is 5.32 Å². The minimum absolute atomic E-state index is 0.304. The van der Waals surface area contributed by atoms with Gasteiger partial charge in [0, 0.05) is 5.54 Å². The molecule has 2 rings (SSSR count). The van der Waals surface area contributed by atoms with E-state index < -0.39 is 12.6 Å². The molecule has 1 saturated heterocycles. The molecule has 1 N–H and O–H groups in total. The van der Waals surface area contributed by atoms with Gasteiger partial charge in [-0.1, -0.05) is 24.3 Å². The summed E-state index contributed by atoms with van der Waals surface area (Å²) in [4.78, 5) is 0. The predicted molar refractivity (Wildman–Crippen MR) is 60.8 cm³/mol. The highest BCUT2D eigenvalue weighted by molar-refractivity contribution is 5.34. The molecule has 1 heterocycles. The van der Waals surface area contributed by atoms with Crippen molar-refractivity contribution in [3.05, 3.63) is 35.4 Å². The first-order chi connectivity index (χ1) is 7.91. The van der Waals surface area contributed by atoms with Crippen molar-refractivity contribution < 1.29 is 13.2 Å². The average molecular weight is 243 g/mol. The molecule has 0 saturated carbocycles. The lowest BCUT2D eigenvalue weighted by Gasteiger charge is -2.28. The second-order valence-electron chi connectivity index (χ2n) is 4.81. The Hall–Kier alpha value is -1.03. The molecule has 1 aliphatic heterocycles. The van der Waals surface area contributed by atoms with E-state index in [-0.39, 0.29) is 5.54 Å². The molecule has 4 heteroatoms. The van der Waals surface area contributed by atoms with Crippen LogP contribution in [0.4, 0.5) is 13.2 Å². The van der Waals surface area contributed by atoms with E-state index in [1.165, 1.54) is 0 Å². The molecule has 0 aromatic heterocycles. The zero-order valence-electron chi connectivity index (χ0n) is 9.77. The summed E-state index contributed by atoms with van der Waals surface area (Å²) in [6.45, 7) is 2.85. The van der Waals surface area contributed by atoms with Crippen molar-refractivity contribution in [1.82, 2.24) is 5.32 Å². The number of hydrogen-bond donors (Lipinski definition) is 1. The summed E-state index contributed by atoms with van der Waals surface area (Å²) >= 11 is 0. The first-order valence-corrected chi connectivity index (χ1v) is 5.81. The number of benzene rings is 1. The maximum Gasteiger partial charge on any atom is 0.393 e. The van der Waals surface area contributed by atoms with E-state index in [1.807, 2.05) is 6.92 Å². The van der Waals surface area contributed by atoms with E-state index in [2.05, 4.69) is 5.32 Å². The highest BCUT2D eigenvalue weighted by Gasteiger charge is 2.35. The summed E-state index contributed by atoms with van der Waals surface area (Å²) in [6, 6.07) is 6.86. The van der Waals surface area contributed by atoms with Crippen molar-refractivity contribution in [3.63, 3.8) is 0 Å². The molecule has 0 spiro atoms. The van der Waals surface area contributed by atoms with Gasteiger partial charge in [-0.05, 0) is 37.4 Å².